The molecule has 0 spiro atoms. The second kappa shape index (κ2) is 16.3. The number of hydrogen-bond acceptors (Lipinski definition) is 6. The van der Waals surface area contributed by atoms with Crippen LogP contribution >= 0.6 is 11.6 Å². The van der Waals surface area contributed by atoms with Crippen LogP contribution in [0.3, 0.4) is 0 Å². The number of aromatic nitrogens is 2. The molecule has 4 aromatic rings. The van der Waals surface area contributed by atoms with Crippen molar-refractivity contribution < 1.29 is 9.59 Å². The van der Waals surface area contributed by atoms with Gasteiger partial charge in [-0.25, -0.2) is 4.98 Å². The van der Waals surface area contributed by atoms with Gasteiger partial charge in [0.2, 0.25) is 6.41 Å². The van der Waals surface area contributed by atoms with E-state index < -0.39 is 0 Å². The fraction of sp³-hybridized carbons (Fsp3) is 0.172. The molecule has 0 aliphatic carbocycles. The number of para-hydroxylation sites is 1. The highest BCUT2D eigenvalue weighted by Crippen LogP contribution is 2.14. The van der Waals surface area contributed by atoms with Crippen molar-refractivity contribution in [3.8, 4) is 12.3 Å². The zero-order valence-electron chi connectivity index (χ0n) is 20.8. The molecule has 0 aliphatic rings. The van der Waals surface area contributed by atoms with Gasteiger partial charge in [0.1, 0.15) is 5.82 Å². The van der Waals surface area contributed by atoms with Crippen LogP contribution in [-0.4, -0.2) is 28.8 Å². The number of benzene rings is 3. The summed E-state index contributed by atoms with van der Waals surface area (Å²) in [4.78, 5) is 40.3. The van der Waals surface area contributed by atoms with Gasteiger partial charge >= 0.3 is 0 Å². The third-order valence-electron chi connectivity index (χ3n) is 5.13. The van der Waals surface area contributed by atoms with Crippen molar-refractivity contribution in [3.05, 3.63) is 105 Å². The van der Waals surface area contributed by atoms with E-state index in [0.717, 1.165) is 24.1 Å². The topological polar surface area (TPSA) is 144 Å². The maximum atomic E-state index is 11.7. The molecular weight excluding hydrogens is 502 g/mol. The van der Waals surface area contributed by atoms with Crippen molar-refractivity contribution in [2.75, 3.05) is 12.3 Å². The molecule has 38 heavy (non-hydrogen) atoms. The van der Waals surface area contributed by atoms with Gasteiger partial charge < -0.3 is 16.5 Å². The number of nitrogens with two attached hydrogens (primary N) is 2. The largest absolute Gasteiger partial charge is 0.399 e. The Hall–Kier alpha value is -4.45. The Labute approximate surface area is 226 Å². The lowest BCUT2D eigenvalue weighted by Gasteiger charge is -2.06. The Bertz CT molecular complexity index is 1430. The van der Waals surface area contributed by atoms with Crippen molar-refractivity contribution in [1.82, 2.24) is 15.3 Å². The number of carbonyl (C=O) groups excluding carboxylic acids is 2. The smallest absolute Gasteiger partial charge is 0.258 e. The van der Waals surface area contributed by atoms with E-state index in [1.165, 1.54) is 0 Å². The summed E-state index contributed by atoms with van der Waals surface area (Å²) in [6, 6.07) is 21.7. The highest BCUT2D eigenvalue weighted by Gasteiger charge is 2.09. The maximum absolute atomic E-state index is 11.7. The van der Waals surface area contributed by atoms with E-state index in [-0.39, 0.29) is 11.5 Å². The van der Waals surface area contributed by atoms with Crippen molar-refractivity contribution in [2.24, 2.45) is 5.73 Å². The SMILES string of the molecule is C#CCCc1nc2cc(Cl)ccc2c(=O)[nH]1.NCCCc1ccccc1C(=O)NC=O.Nc1ccccc1. The molecule has 0 unspecified atom stereocenters. The molecule has 2 amide bonds. The number of H-pyrrole nitrogens is 1. The first-order chi connectivity index (χ1) is 18.4. The van der Waals surface area contributed by atoms with E-state index >= 15 is 0 Å². The van der Waals surface area contributed by atoms with Crippen LogP contribution in [0.15, 0.2) is 77.6 Å². The van der Waals surface area contributed by atoms with Crippen LogP contribution < -0.4 is 22.3 Å². The van der Waals surface area contributed by atoms with Gasteiger partial charge in [-0.15, -0.1) is 12.3 Å². The minimum Gasteiger partial charge on any atom is -0.399 e. The third kappa shape index (κ3) is 9.90. The van der Waals surface area contributed by atoms with Gasteiger partial charge in [-0.2, -0.15) is 0 Å². The number of aryl methyl sites for hydroxylation is 2. The van der Waals surface area contributed by atoms with Crippen LogP contribution in [0.25, 0.3) is 10.9 Å². The van der Waals surface area contributed by atoms with Crippen LogP contribution in [0.4, 0.5) is 5.69 Å². The Balaban J connectivity index is 0.000000215. The summed E-state index contributed by atoms with van der Waals surface area (Å²) in [6.45, 7) is 0.587. The molecule has 6 N–H and O–H groups in total. The normalized spacial score (nSPS) is 9.71. The minimum absolute atomic E-state index is 0.159. The molecule has 0 radical (unpaired) electrons. The molecule has 196 valence electrons. The number of rotatable bonds is 7. The van der Waals surface area contributed by atoms with Gasteiger partial charge in [0.25, 0.3) is 11.5 Å². The molecule has 9 heteroatoms. The fourth-order valence-electron chi connectivity index (χ4n) is 3.31. The zero-order valence-corrected chi connectivity index (χ0v) is 21.6. The average Bonchev–Trinajstić information content (AvgIpc) is 2.92. The number of nitrogens with one attached hydrogen (secondary N) is 2. The lowest BCUT2D eigenvalue weighted by molar-refractivity contribution is -0.108. The second-order valence-electron chi connectivity index (χ2n) is 7.93. The van der Waals surface area contributed by atoms with Gasteiger partial charge in [0.05, 0.1) is 10.9 Å². The van der Waals surface area contributed by atoms with Gasteiger partial charge in [-0.1, -0.05) is 48.0 Å². The lowest BCUT2D eigenvalue weighted by atomic mass is 10.0. The Morgan fingerprint density at radius 2 is 1.79 bits per heavy atom. The van der Waals surface area contributed by atoms with Crippen LogP contribution in [0.5, 0.6) is 0 Å². The summed E-state index contributed by atoms with van der Waals surface area (Å²) in [7, 11) is 0. The Kier molecular flexibility index (Phi) is 12.8. The molecular formula is C29H30ClN5O3. The Morgan fingerprint density at radius 3 is 2.42 bits per heavy atom. The van der Waals surface area contributed by atoms with Crippen molar-refractivity contribution in [2.45, 2.75) is 25.7 Å². The molecule has 3 aromatic carbocycles. The first-order valence-electron chi connectivity index (χ1n) is 11.8. The highest BCUT2D eigenvalue weighted by molar-refractivity contribution is 6.31. The molecule has 4 rings (SSSR count). The summed E-state index contributed by atoms with van der Waals surface area (Å²) in [6.07, 6.45) is 8.24. The summed E-state index contributed by atoms with van der Waals surface area (Å²) in [5, 5.41) is 3.23. The second-order valence-corrected chi connectivity index (χ2v) is 8.37. The predicted octanol–water partition coefficient (Wildman–Crippen LogP) is 3.88. The van der Waals surface area contributed by atoms with Crippen molar-refractivity contribution in [3.63, 3.8) is 0 Å². The average molecular weight is 532 g/mol. The number of aromatic amines is 1. The number of fused-ring (bicyclic) bond motifs is 1. The molecule has 1 heterocycles. The summed E-state index contributed by atoms with van der Waals surface area (Å²) in [5.41, 5.74) is 13.5. The molecule has 0 saturated carbocycles. The first kappa shape index (κ1) is 29.8. The number of nitrogen functional groups attached to an aromatic ring is 1. The van der Waals surface area contributed by atoms with E-state index in [1.807, 2.05) is 42.5 Å². The van der Waals surface area contributed by atoms with E-state index in [1.54, 1.807) is 30.3 Å². The molecule has 0 fully saturated rings. The minimum atomic E-state index is -0.363. The van der Waals surface area contributed by atoms with Gasteiger partial charge in [0.15, 0.2) is 0 Å². The summed E-state index contributed by atoms with van der Waals surface area (Å²) >= 11 is 5.84. The van der Waals surface area contributed by atoms with E-state index in [9.17, 15) is 14.4 Å². The number of carbonyl (C=O) groups is 2. The lowest BCUT2D eigenvalue weighted by Crippen LogP contribution is -2.22. The molecule has 0 atom stereocenters. The zero-order chi connectivity index (χ0) is 27.8. The number of nitrogens with zero attached hydrogens (tertiary/aromatic N) is 1. The van der Waals surface area contributed by atoms with Gasteiger partial charge in [-0.05, 0) is 61.3 Å². The van der Waals surface area contributed by atoms with E-state index in [0.29, 0.717) is 53.1 Å². The quantitative estimate of drug-likeness (QED) is 0.162. The van der Waals surface area contributed by atoms with Gasteiger partial charge in [-0.3, -0.25) is 19.7 Å². The van der Waals surface area contributed by atoms with Crippen molar-refractivity contribution in [1.29, 1.82) is 0 Å². The maximum Gasteiger partial charge on any atom is 0.258 e. The molecule has 8 nitrogen and oxygen atoms in total. The third-order valence-corrected chi connectivity index (χ3v) is 5.36. The van der Waals surface area contributed by atoms with E-state index in [2.05, 4.69) is 21.2 Å². The monoisotopic (exact) mass is 531 g/mol. The molecule has 0 aliphatic heterocycles. The highest BCUT2D eigenvalue weighted by atomic mass is 35.5. The number of hydrogen-bond donors (Lipinski definition) is 4. The number of halogens is 1. The molecule has 1 aromatic heterocycles. The number of anilines is 1. The van der Waals surface area contributed by atoms with Crippen LogP contribution in [-0.2, 0) is 17.6 Å². The van der Waals surface area contributed by atoms with Crippen LogP contribution in [0.2, 0.25) is 5.02 Å². The number of imide groups is 1. The molecule has 0 saturated heterocycles. The van der Waals surface area contributed by atoms with Crippen LogP contribution in [0.1, 0.15) is 34.6 Å². The van der Waals surface area contributed by atoms with E-state index in [4.69, 9.17) is 29.5 Å². The van der Waals surface area contributed by atoms with Gasteiger partial charge in [0, 0.05) is 29.1 Å². The first-order valence-corrected chi connectivity index (χ1v) is 12.2. The number of amides is 2. The summed E-state index contributed by atoms with van der Waals surface area (Å²) in [5.74, 6) is 2.74. The van der Waals surface area contributed by atoms with Crippen molar-refractivity contribution >= 4 is 40.5 Å². The summed E-state index contributed by atoms with van der Waals surface area (Å²) < 4.78 is 0. The fourth-order valence-corrected chi connectivity index (χ4v) is 3.47. The molecule has 0 bridgehead atoms. The standard InChI is InChI=1S/C12H9ClN2O.C11H14N2O2.C6H7N/c1-2-3-4-11-14-10-7-8(13)5-6-9(10)12(16)15-11;12-7-3-5-9-4-1-2-6-10(9)11(15)13-8-14;7-6-4-2-1-3-5-6/h1,5-7H,3-4H2,(H,14,15,16);1-2,4,6,8H,3,5,7,12H2,(H,13,14,15);1-5H,7H2. The Morgan fingerprint density at radius 1 is 1.08 bits per heavy atom. The number of terminal acetylenes is 1. The van der Waals surface area contributed by atoms with Crippen LogP contribution in [0, 0.1) is 12.3 Å². The predicted molar refractivity (Wildman–Crippen MR) is 153 cm³/mol.